The summed E-state index contributed by atoms with van der Waals surface area (Å²) in [5.74, 6) is -2.38. The zero-order chi connectivity index (χ0) is 34.1. The van der Waals surface area contributed by atoms with E-state index in [-0.39, 0.29) is 11.1 Å². The number of hydrogen-bond acceptors (Lipinski definition) is 5. The number of rotatable bonds is 4. The molecule has 0 aliphatic carbocycles. The number of hydrogen-bond donors (Lipinski definition) is 3. The van der Waals surface area contributed by atoms with E-state index in [0.717, 1.165) is 66.1 Å². The van der Waals surface area contributed by atoms with E-state index in [0.29, 0.717) is 16.3 Å². The second kappa shape index (κ2) is 11.2. The van der Waals surface area contributed by atoms with E-state index >= 15 is 0 Å². The number of phenolic OH excluding ortho intramolecular Hbond substituents is 3. The highest BCUT2D eigenvalue weighted by molar-refractivity contribution is 6.23. The van der Waals surface area contributed by atoms with Crippen LogP contribution < -0.4 is 5.11 Å². The van der Waals surface area contributed by atoms with Gasteiger partial charge in [0.05, 0.1) is 0 Å². The van der Waals surface area contributed by atoms with Crippen molar-refractivity contribution in [3.8, 4) is 67.5 Å². The molecule has 8 aromatic carbocycles. The Kier molecular flexibility index (Phi) is 6.58. The summed E-state index contributed by atoms with van der Waals surface area (Å²) in [6.07, 6.45) is 0. The molecule has 0 aliphatic heterocycles. The first-order chi connectivity index (χ1) is 24.4. The fourth-order valence-electron chi connectivity index (χ4n) is 7.52. The summed E-state index contributed by atoms with van der Waals surface area (Å²) in [5.41, 5.74) is 8.26. The maximum atomic E-state index is 13.5. The molecule has 0 unspecified atom stereocenters. The number of para-hydroxylation sites is 1. The summed E-state index contributed by atoms with van der Waals surface area (Å²) < 4.78 is 6.28. The molecular formula is C45H29O5-. The van der Waals surface area contributed by atoms with Crippen molar-refractivity contribution in [1.82, 2.24) is 0 Å². The van der Waals surface area contributed by atoms with Crippen LogP contribution in [0.5, 0.6) is 23.0 Å². The lowest BCUT2D eigenvalue weighted by Gasteiger charge is -2.24. The standard InChI is InChI=1S/C45H30O5/c1-25-42(46)44(48)41(45(49)43(25)47)39-32-15-7-5-13-30(32)37(31-14-6-8-16-33(31)39)28-21-19-26(20-22-28)29-23-24-36-40(34-17-9-10-18-35(34)50-36)38(29)27-11-3-2-4-12-27/h2-24,46-49H,1H3/p-1. The molecule has 0 saturated heterocycles. The first-order valence-corrected chi connectivity index (χ1v) is 16.4. The van der Waals surface area contributed by atoms with E-state index in [9.17, 15) is 20.4 Å². The number of fused-ring (bicyclic) bond motifs is 5. The third-order valence-electron chi connectivity index (χ3n) is 9.89. The molecule has 0 atom stereocenters. The van der Waals surface area contributed by atoms with Crippen molar-refractivity contribution < 1.29 is 24.8 Å². The molecule has 0 amide bonds. The van der Waals surface area contributed by atoms with E-state index < -0.39 is 23.0 Å². The van der Waals surface area contributed by atoms with Crippen LogP contribution in [0.1, 0.15) is 5.56 Å². The van der Waals surface area contributed by atoms with Crippen LogP contribution in [0.15, 0.2) is 144 Å². The molecule has 0 radical (unpaired) electrons. The SMILES string of the molecule is Cc1c(O)c([O-])c(-c2c3ccccc3c(-c3ccc(-c4ccc5oc6ccccc6c5c4-c4ccccc4)cc3)c3ccccc23)c(O)c1O. The Morgan fingerprint density at radius 1 is 0.420 bits per heavy atom. The van der Waals surface area contributed by atoms with Gasteiger partial charge in [-0.25, -0.2) is 0 Å². The van der Waals surface area contributed by atoms with E-state index in [2.05, 4.69) is 60.7 Å². The zero-order valence-corrected chi connectivity index (χ0v) is 26.9. The number of phenols is 3. The fourth-order valence-corrected chi connectivity index (χ4v) is 7.52. The predicted molar refractivity (Wildman–Crippen MR) is 200 cm³/mol. The van der Waals surface area contributed by atoms with Crippen molar-refractivity contribution in [2.45, 2.75) is 6.92 Å². The summed E-state index contributed by atoms with van der Waals surface area (Å²) >= 11 is 0. The Morgan fingerprint density at radius 3 is 1.58 bits per heavy atom. The molecule has 1 heterocycles. The topological polar surface area (TPSA) is 96.9 Å². The largest absolute Gasteiger partial charge is 0.869 e. The molecule has 0 saturated carbocycles. The second-order valence-corrected chi connectivity index (χ2v) is 12.6. The summed E-state index contributed by atoms with van der Waals surface area (Å²) in [5, 5.41) is 51.3. The maximum Gasteiger partial charge on any atom is 0.165 e. The minimum atomic E-state index is -0.734. The monoisotopic (exact) mass is 649 g/mol. The molecule has 240 valence electrons. The molecule has 5 nitrogen and oxygen atoms in total. The van der Waals surface area contributed by atoms with Gasteiger partial charge in [0.25, 0.3) is 0 Å². The summed E-state index contributed by atoms with van der Waals surface area (Å²) in [6, 6.07) is 46.7. The normalized spacial score (nSPS) is 11.6. The highest BCUT2D eigenvalue weighted by atomic mass is 16.3. The molecule has 9 rings (SSSR count). The highest BCUT2D eigenvalue weighted by Crippen LogP contribution is 2.54. The molecule has 0 spiro atoms. The summed E-state index contributed by atoms with van der Waals surface area (Å²) in [7, 11) is 0. The van der Waals surface area contributed by atoms with E-state index in [1.807, 2.05) is 78.9 Å². The van der Waals surface area contributed by atoms with E-state index in [4.69, 9.17) is 4.42 Å². The van der Waals surface area contributed by atoms with Gasteiger partial charge in [-0.2, -0.15) is 0 Å². The van der Waals surface area contributed by atoms with Crippen LogP contribution in [0.2, 0.25) is 0 Å². The summed E-state index contributed by atoms with van der Waals surface area (Å²) in [6.45, 7) is 1.40. The fraction of sp³-hybridized carbons (Fsp3) is 0.0222. The van der Waals surface area contributed by atoms with Crippen LogP contribution >= 0.6 is 0 Å². The van der Waals surface area contributed by atoms with Crippen molar-refractivity contribution in [1.29, 1.82) is 0 Å². The highest BCUT2D eigenvalue weighted by Gasteiger charge is 2.24. The number of furan rings is 1. The van der Waals surface area contributed by atoms with Gasteiger partial charge in [0.15, 0.2) is 11.5 Å². The van der Waals surface area contributed by atoms with Crippen LogP contribution in [0.3, 0.4) is 0 Å². The average molecular weight is 650 g/mol. The second-order valence-electron chi connectivity index (χ2n) is 12.6. The Balaban J connectivity index is 1.28. The molecule has 0 bridgehead atoms. The Bertz CT molecular complexity index is 2710. The minimum Gasteiger partial charge on any atom is -0.869 e. The lowest BCUT2D eigenvalue weighted by molar-refractivity contribution is -0.269. The van der Waals surface area contributed by atoms with Crippen molar-refractivity contribution >= 4 is 43.5 Å². The third kappa shape index (κ3) is 4.27. The molecule has 3 N–H and O–H groups in total. The van der Waals surface area contributed by atoms with Crippen LogP contribution in [-0.4, -0.2) is 15.3 Å². The van der Waals surface area contributed by atoms with Gasteiger partial charge in [-0.3, -0.25) is 0 Å². The molecule has 0 aliphatic rings. The number of aromatic hydroxyl groups is 3. The van der Waals surface area contributed by atoms with Crippen molar-refractivity contribution in [2.24, 2.45) is 0 Å². The van der Waals surface area contributed by atoms with Gasteiger partial charge in [-0.05, 0) is 68.4 Å². The van der Waals surface area contributed by atoms with Gasteiger partial charge in [0, 0.05) is 33.0 Å². The lowest BCUT2D eigenvalue weighted by atomic mass is 9.84. The lowest BCUT2D eigenvalue weighted by Crippen LogP contribution is -1.99. The zero-order valence-electron chi connectivity index (χ0n) is 26.9. The van der Waals surface area contributed by atoms with Crippen LogP contribution in [0.4, 0.5) is 0 Å². The van der Waals surface area contributed by atoms with E-state index in [1.54, 1.807) is 0 Å². The van der Waals surface area contributed by atoms with Crippen molar-refractivity contribution in [2.75, 3.05) is 0 Å². The predicted octanol–water partition coefficient (Wildman–Crippen LogP) is 11.1. The van der Waals surface area contributed by atoms with Crippen LogP contribution in [0.25, 0.3) is 88.0 Å². The molecular weight excluding hydrogens is 620 g/mol. The van der Waals surface area contributed by atoms with Gasteiger partial charge >= 0.3 is 0 Å². The van der Waals surface area contributed by atoms with Crippen molar-refractivity contribution in [3.05, 3.63) is 145 Å². The average Bonchev–Trinajstić information content (AvgIpc) is 3.55. The third-order valence-corrected chi connectivity index (χ3v) is 9.89. The molecule has 50 heavy (non-hydrogen) atoms. The Morgan fingerprint density at radius 2 is 0.940 bits per heavy atom. The molecule has 5 heteroatoms. The first-order valence-electron chi connectivity index (χ1n) is 16.4. The van der Waals surface area contributed by atoms with Gasteiger partial charge in [0.1, 0.15) is 16.9 Å². The Labute approximate surface area is 287 Å². The molecule has 0 fully saturated rings. The molecule has 1 aromatic heterocycles. The van der Waals surface area contributed by atoms with Gasteiger partial charge in [0.2, 0.25) is 0 Å². The van der Waals surface area contributed by atoms with E-state index in [1.165, 1.54) is 6.92 Å². The smallest absolute Gasteiger partial charge is 0.165 e. The summed E-state index contributed by atoms with van der Waals surface area (Å²) in [4.78, 5) is 0. The first kappa shape index (κ1) is 29.4. The van der Waals surface area contributed by atoms with Gasteiger partial charge in [-0.15, -0.1) is 0 Å². The van der Waals surface area contributed by atoms with Crippen LogP contribution in [0, 0.1) is 6.92 Å². The Hall–Kier alpha value is -6.72. The van der Waals surface area contributed by atoms with Gasteiger partial charge in [-0.1, -0.05) is 133 Å². The minimum absolute atomic E-state index is 0.0582. The van der Waals surface area contributed by atoms with Crippen LogP contribution in [-0.2, 0) is 0 Å². The quantitative estimate of drug-likeness (QED) is 0.100. The number of benzene rings is 8. The molecule has 9 aromatic rings. The maximum absolute atomic E-state index is 13.5. The van der Waals surface area contributed by atoms with Gasteiger partial charge < -0.3 is 24.8 Å². The van der Waals surface area contributed by atoms with Crippen molar-refractivity contribution in [3.63, 3.8) is 0 Å².